The van der Waals surface area contributed by atoms with E-state index in [0.29, 0.717) is 6.10 Å². The number of pyridine rings is 1. The summed E-state index contributed by atoms with van der Waals surface area (Å²) >= 11 is 0. The third-order valence-corrected chi connectivity index (χ3v) is 5.27. The molecule has 0 radical (unpaired) electrons. The highest BCUT2D eigenvalue weighted by Crippen LogP contribution is 2.25. The molecule has 128 valence electrons. The lowest BCUT2D eigenvalue weighted by Gasteiger charge is -2.37. The molecule has 2 aliphatic rings. The lowest BCUT2D eigenvalue weighted by Crippen LogP contribution is -2.48. The van der Waals surface area contributed by atoms with Crippen LogP contribution in [-0.4, -0.2) is 54.9 Å². The number of fused-ring (bicyclic) bond motifs is 1. The zero-order valence-corrected chi connectivity index (χ0v) is 14.3. The zero-order valence-electron chi connectivity index (χ0n) is 14.3. The van der Waals surface area contributed by atoms with Crippen LogP contribution in [0.1, 0.15) is 12.8 Å². The van der Waals surface area contributed by atoms with Crippen molar-refractivity contribution in [1.82, 2.24) is 9.47 Å². The summed E-state index contributed by atoms with van der Waals surface area (Å²) in [5.74, 6) is 0. The average Bonchev–Trinajstić information content (AvgIpc) is 3.12. The summed E-state index contributed by atoms with van der Waals surface area (Å²) < 4.78 is 7.47. The lowest BCUT2D eigenvalue weighted by molar-refractivity contribution is 0.0713. The number of aromatic nitrogens is 1. The molecule has 3 heterocycles. The zero-order chi connectivity index (χ0) is 16.5. The van der Waals surface area contributed by atoms with Crippen LogP contribution < -0.4 is 10.5 Å². The molecule has 0 saturated carbocycles. The van der Waals surface area contributed by atoms with Crippen molar-refractivity contribution >= 4 is 16.5 Å². The fourth-order valence-electron chi connectivity index (χ4n) is 3.89. The molecule has 0 amide bonds. The Hall–Kier alpha value is -1.85. The van der Waals surface area contributed by atoms with Gasteiger partial charge in [0, 0.05) is 63.3 Å². The molecule has 5 heteroatoms. The van der Waals surface area contributed by atoms with Gasteiger partial charge in [0.25, 0.3) is 5.56 Å². The first-order valence-corrected chi connectivity index (χ1v) is 8.89. The van der Waals surface area contributed by atoms with Crippen molar-refractivity contribution in [2.24, 2.45) is 7.05 Å². The maximum Gasteiger partial charge on any atom is 0.258 e. The molecule has 2 aromatic rings. The van der Waals surface area contributed by atoms with Gasteiger partial charge in [-0.25, -0.2) is 0 Å². The molecule has 0 N–H and O–H groups in total. The number of aryl methyl sites for hydroxylation is 1. The summed E-state index contributed by atoms with van der Waals surface area (Å²) in [5.41, 5.74) is 1.25. The molecule has 4 rings (SSSR count). The molecule has 1 aromatic heterocycles. The maximum atomic E-state index is 12.3. The van der Waals surface area contributed by atoms with Crippen LogP contribution in [0.4, 0.5) is 5.69 Å². The van der Waals surface area contributed by atoms with Crippen molar-refractivity contribution in [2.45, 2.75) is 18.9 Å². The number of piperazine rings is 1. The van der Waals surface area contributed by atoms with E-state index in [1.165, 1.54) is 18.5 Å². The Morgan fingerprint density at radius 1 is 1.12 bits per heavy atom. The third-order valence-electron chi connectivity index (χ3n) is 5.27. The van der Waals surface area contributed by atoms with Gasteiger partial charge < -0.3 is 14.2 Å². The van der Waals surface area contributed by atoms with Crippen molar-refractivity contribution in [3.63, 3.8) is 0 Å². The summed E-state index contributed by atoms with van der Waals surface area (Å²) in [6, 6.07) is 7.94. The van der Waals surface area contributed by atoms with Gasteiger partial charge in [0.15, 0.2) is 0 Å². The smallest absolute Gasteiger partial charge is 0.258 e. The van der Waals surface area contributed by atoms with Gasteiger partial charge in [-0.15, -0.1) is 0 Å². The second-order valence-electron chi connectivity index (χ2n) is 6.90. The Kier molecular flexibility index (Phi) is 4.29. The number of benzene rings is 1. The lowest BCUT2D eigenvalue weighted by atomic mass is 10.1. The Morgan fingerprint density at radius 3 is 2.58 bits per heavy atom. The molecule has 5 nitrogen and oxygen atoms in total. The van der Waals surface area contributed by atoms with Gasteiger partial charge in [-0.1, -0.05) is 18.2 Å². The van der Waals surface area contributed by atoms with E-state index in [9.17, 15) is 4.79 Å². The molecule has 2 aliphatic heterocycles. The Balaban J connectivity index is 1.52. The minimum absolute atomic E-state index is 0.0753. The van der Waals surface area contributed by atoms with Crippen molar-refractivity contribution in [2.75, 3.05) is 44.2 Å². The van der Waals surface area contributed by atoms with Gasteiger partial charge >= 0.3 is 0 Å². The van der Waals surface area contributed by atoms with Crippen LogP contribution in [0.5, 0.6) is 0 Å². The quantitative estimate of drug-likeness (QED) is 0.862. The van der Waals surface area contributed by atoms with E-state index >= 15 is 0 Å². The molecule has 0 spiro atoms. The van der Waals surface area contributed by atoms with Crippen molar-refractivity contribution in [3.8, 4) is 0 Å². The minimum atomic E-state index is 0.0753. The highest BCUT2D eigenvalue weighted by Gasteiger charge is 2.24. The molecule has 24 heavy (non-hydrogen) atoms. The predicted molar refractivity (Wildman–Crippen MR) is 96.8 cm³/mol. The van der Waals surface area contributed by atoms with E-state index < -0.39 is 0 Å². The largest absolute Gasteiger partial charge is 0.377 e. The molecule has 1 unspecified atom stereocenters. The van der Waals surface area contributed by atoms with Crippen LogP contribution in [0.25, 0.3) is 10.8 Å². The van der Waals surface area contributed by atoms with Crippen LogP contribution in [-0.2, 0) is 11.8 Å². The number of anilines is 1. The monoisotopic (exact) mass is 327 g/mol. The molecule has 0 bridgehead atoms. The molecule has 1 aromatic carbocycles. The topological polar surface area (TPSA) is 37.7 Å². The SMILES string of the molecule is Cn1cc(N2CCN(CC3CCCO3)CC2)c2ccccc2c1=O. The average molecular weight is 327 g/mol. The van der Waals surface area contributed by atoms with E-state index in [1.54, 1.807) is 4.57 Å². The Labute approximate surface area is 142 Å². The number of ether oxygens (including phenoxy) is 1. The van der Waals surface area contributed by atoms with Gasteiger partial charge in [-0.2, -0.15) is 0 Å². The van der Waals surface area contributed by atoms with Crippen LogP contribution in [0.3, 0.4) is 0 Å². The normalized spacial score (nSPS) is 22.4. The summed E-state index contributed by atoms with van der Waals surface area (Å²) in [6.07, 6.45) is 4.82. The Bertz CT molecular complexity index is 772. The molecule has 0 aliphatic carbocycles. The minimum Gasteiger partial charge on any atom is -0.377 e. The maximum absolute atomic E-state index is 12.3. The highest BCUT2D eigenvalue weighted by atomic mass is 16.5. The van der Waals surface area contributed by atoms with Gasteiger partial charge in [-0.3, -0.25) is 9.69 Å². The standard InChI is InChI=1S/C19H25N3O2/c1-20-14-18(16-6-2-3-7-17(16)19(20)23)22-10-8-21(9-11-22)13-15-5-4-12-24-15/h2-3,6-7,14-15H,4-5,8-13H2,1H3. The second kappa shape index (κ2) is 6.57. The molecule has 1 atom stereocenters. The molecule has 2 saturated heterocycles. The second-order valence-corrected chi connectivity index (χ2v) is 6.90. The van der Waals surface area contributed by atoms with E-state index in [4.69, 9.17) is 4.74 Å². The fraction of sp³-hybridized carbons (Fsp3) is 0.526. The first-order chi connectivity index (χ1) is 11.7. The number of nitrogens with zero attached hydrogens (tertiary/aromatic N) is 3. The van der Waals surface area contributed by atoms with E-state index in [0.717, 1.165) is 50.1 Å². The van der Waals surface area contributed by atoms with Crippen molar-refractivity contribution in [3.05, 3.63) is 40.8 Å². The van der Waals surface area contributed by atoms with Crippen molar-refractivity contribution < 1.29 is 4.74 Å². The van der Waals surface area contributed by atoms with Gasteiger partial charge in [0.1, 0.15) is 0 Å². The van der Waals surface area contributed by atoms with Gasteiger partial charge in [0.05, 0.1) is 11.8 Å². The number of hydrogen-bond acceptors (Lipinski definition) is 4. The third kappa shape index (κ3) is 2.94. The first kappa shape index (κ1) is 15.7. The number of rotatable bonds is 3. The molecular weight excluding hydrogens is 302 g/mol. The highest BCUT2D eigenvalue weighted by molar-refractivity contribution is 5.93. The van der Waals surface area contributed by atoms with Crippen LogP contribution in [0, 0.1) is 0 Å². The summed E-state index contributed by atoms with van der Waals surface area (Å²) in [5, 5.41) is 1.87. The molecule has 2 fully saturated rings. The van der Waals surface area contributed by atoms with Crippen molar-refractivity contribution in [1.29, 1.82) is 0 Å². The fourth-order valence-corrected chi connectivity index (χ4v) is 3.89. The number of hydrogen-bond donors (Lipinski definition) is 0. The summed E-state index contributed by atoms with van der Waals surface area (Å²) in [6.45, 7) is 6.08. The summed E-state index contributed by atoms with van der Waals surface area (Å²) in [7, 11) is 1.84. The Morgan fingerprint density at radius 2 is 1.88 bits per heavy atom. The summed E-state index contributed by atoms with van der Waals surface area (Å²) in [4.78, 5) is 17.3. The van der Waals surface area contributed by atoms with Gasteiger partial charge in [-0.05, 0) is 18.9 Å². The van der Waals surface area contributed by atoms with Gasteiger partial charge in [0.2, 0.25) is 0 Å². The van der Waals surface area contributed by atoms with Crippen LogP contribution in [0.15, 0.2) is 35.3 Å². The van der Waals surface area contributed by atoms with Crippen LogP contribution >= 0.6 is 0 Å². The van der Waals surface area contributed by atoms with E-state index in [-0.39, 0.29) is 5.56 Å². The van der Waals surface area contributed by atoms with E-state index in [2.05, 4.69) is 15.9 Å². The van der Waals surface area contributed by atoms with E-state index in [1.807, 2.05) is 31.4 Å². The van der Waals surface area contributed by atoms with Crippen LogP contribution in [0.2, 0.25) is 0 Å². The predicted octanol–water partition coefficient (Wildman–Crippen LogP) is 1.84. The first-order valence-electron chi connectivity index (χ1n) is 8.89. The molecular formula is C19H25N3O2.